The average molecular weight is 220 g/mol. The van der Waals surface area contributed by atoms with E-state index in [1.54, 1.807) is 0 Å². The quantitative estimate of drug-likeness (QED) is 0.441. The van der Waals surface area contributed by atoms with Crippen molar-refractivity contribution in [2.24, 2.45) is 0 Å². The maximum absolute atomic E-state index is 11.3. The van der Waals surface area contributed by atoms with Crippen molar-refractivity contribution in [1.29, 1.82) is 0 Å². The van der Waals surface area contributed by atoms with E-state index in [9.17, 15) is 15.0 Å². The Morgan fingerprint density at radius 3 is 2.53 bits per heavy atom. The van der Waals surface area contributed by atoms with E-state index in [4.69, 9.17) is 14.6 Å². The molecule has 0 amide bonds. The fourth-order valence-electron chi connectivity index (χ4n) is 1.75. The number of carbonyl (C=O) groups is 1. The van der Waals surface area contributed by atoms with Gasteiger partial charge in [0.25, 0.3) is 11.6 Å². The predicted molar refractivity (Wildman–Crippen MR) is 43.1 cm³/mol. The van der Waals surface area contributed by atoms with Crippen LogP contribution in [0.25, 0.3) is 0 Å². The number of hydrogen-bond donors (Lipinski definition) is 3. The van der Waals surface area contributed by atoms with Crippen molar-refractivity contribution in [1.82, 2.24) is 0 Å². The van der Waals surface area contributed by atoms with Crippen molar-refractivity contribution in [3.8, 4) is 0 Å². The number of ether oxygens (including phenoxy) is 3. The van der Waals surface area contributed by atoms with Crippen LogP contribution in [0.5, 0.6) is 0 Å². The first-order valence-electron chi connectivity index (χ1n) is 4.40. The molecule has 2 aliphatic rings. The minimum Gasteiger partial charge on any atom is -0.422 e. The van der Waals surface area contributed by atoms with Crippen LogP contribution < -0.4 is 0 Å². The van der Waals surface area contributed by atoms with Crippen LogP contribution in [0.4, 0.5) is 0 Å². The molecule has 2 rings (SSSR count). The van der Waals surface area contributed by atoms with Gasteiger partial charge in [-0.15, -0.1) is 0 Å². The lowest BCUT2D eigenvalue weighted by Gasteiger charge is -2.32. The Morgan fingerprint density at radius 2 is 2.00 bits per heavy atom. The van der Waals surface area contributed by atoms with Crippen LogP contribution in [0.1, 0.15) is 13.8 Å². The van der Waals surface area contributed by atoms with E-state index in [0.29, 0.717) is 0 Å². The molecule has 7 heteroatoms. The third-order valence-electron chi connectivity index (χ3n) is 2.42. The van der Waals surface area contributed by atoms with Crippen LogP contribution in [-0.2, 0) is 19.0 Å². The normalized spacial score (nSPS) is 47.8. The first kappa shape index (κ1) is 10.8. The van der Waals surface area contributed by atoms with E-state index in [1.165, 1.54) is 13.8 Å². The molecule has 0 bridgehead atoms. The third-order valence-corrected chi connectivity index (χ3v) is 2.42. The molecular formula is C8H12O7. The summed E-state index contributed by atoms with van der Waals surface area (Å²) in [4.78, 5) is 11.3. The number of aliphatic hydroxyl groups excluding tert-OH is 1. The average Bonchev–Trinajstić information content (AvgIpc) is 2.44. The van der Waals surface area contributed by atoms with Gasteiger partial charge in [0, 0.05) is 0 Å². The molecule has 0 saturated carbocycles. The number of rotatable bonds is 1. The topological polar surface area (TPSA) is 105 Å². The van der Waals surface area contributed by atoms with E-state index < -0.39 is 36.0 Å². The largest absolute Gasteiger partial charge is 0.422 e. The molecule has 2 saturated heterocycles. The van der Waals surface area contributed by atoms with Gasteiger partial charge >= 0.3 is 5.97 Å². The van der Waals surface area contributed by atoms with E-state index in [2.05, 4.69) is 4.74 Å². The Bertz CT molecular complexity index is 314. The fourth-order valence-corrected chi connectivity index (χ4v) is 1.75. The summed E-state index contributed by atoms with van der Waals surface area (Å²) in [6.07, 6.45) is -1.45. The molecule has 0 aromatic rings. The summed E-state index contributed by atoms with van der Waals surface area (Å²) in [5.74, 6) is -7.06. The molecular weight excluding hydrogens is 208 g/mol. The Labute approximate surface area is 85.2 Å². The Morgan fingerprint density at radius 1 is 1.40 bits per heavy atom. The molecule has 0 spiro atoms. The maximum Gasteiger partial charge on any atom is 0.344 e. The molecule has 3 N–H and O–H groups in total. The molecule has 2 aliphatic heterocycles. The van der Waals surface area contributed by atoms with Gasteiger partial charge in [0.15, 0.2) is 5.79 Å². The highest BCUT2D eigenvalue weighted by Gasteiger charge is 2.74. The Balaban J connectivity index is 2.42. The number of esters is 1. The van der Waals surface area contributed by atoms with E-state index in [-0.39, 0.29) is 0 Å². The summed E-state index contributed by atoms with van der Waals surface area (Å²) in [6, 6.07) is 0. The van der Waals surface area contributed by atoms with Gasteiger partial charge < -0.3 is 29.5 Å². The standard InChI is InChI=1S/C8H12O7/c1-6(2)13-4-5(10)14-7(11,3-9)8(4,12)15-6/h4,9,11-12H,3H2,1-2H3/t4-,7+,8+/m0/s1. The lowest BCUT2D eigenvalue weighted by atomic mass is 10.0. The van der Waals surface area contributed by atoms with Gasteiger partial charge in [0.2, 0.25) is 6.10 Å². The number of fused-ring (bicyclic) bond motifs is 1. The summed E-state index contributed by atoms with van der Waals surface area (Å²) in [7, 11) is 0. The molecule has 0 aromatic carbocycles. The Kier molecular flexibility index (Phi) is 1.93. The first-order chi connectivity index (χ1) is 6.74. The zero-order chi connectivity index (χ0) is 11.5. The van der Waals surface area contributed by atoms with Crippen molar-refractivity contribution in [2.75, 3.05) is 6.61 Å². The van der Waals surface area contributed by atoms with Crippen LogP contribution >= 0.6 is 0 Å². The predicted octanol–water partition coefficient (Wildman–Crippen LogP) is -1.94. The maximum atomic E-state index is 11.3. The van der Waals surface area contributed by atoms with Crippen molar-refractivity contribution in [2.45, 2.75) is 37.3 Å². The summed E-state index contributed by atoms with van der Waals surface area (Å²) < 4.78 is 14.5. The monoisotopic (exact) mass is 220 g/mol. The van der Waals surface area contributed by atoms with Gasteiger partial charge in [-0.25, -0.2) is 4.79 Å². The summed E-state index contributed by atoms with van der Waals surface area (Å²) in [6.45, 7) is 1.95. The number of aliphatic hydroxyl groups is 3. The molecule has 3 atom stereocenters. The first-order valence-corrected chi connectivity index (χ1v) is 4.40. The second-order valence-corrected chi connectivity index (χ2v) is 4.06. The smallest absolute Gasteiger partial charge is 0.344 e. The van der Waals surface area contributed by atoms with Gasteiger partial charge in [-0.3, -0.25) is 0 Å². The summed E-state index contributed by atoms with van der Waals surface area (Å²) in [5.41, 5.74) is 0. The molecule has 0 radical (unpaired) electrons. The number of hydrogen-bond acceptors (Lipinski definition) is 7. The van der Waals surface area contributed by atoms with Crippen molar-refractivity contribution >= 4 is 5.97 Å². The van der Waals surface area contributed by atoms with E-state index in [1.807, 2.05) is 0 Å². The van der Waals surface area contributed by atoms with Gasteiger partial charge in [0.05, 0.1) is 0 Å². The van der Waals surface area contributed by atoms with Gasteiger partial charge in [-0.05, 0) is 13.8 Å². The summed E-state index contributed by atoms with van der Waals surface area (Å²) in [5, 5.41) is 28.5. The second-order valence-electron chi connectivity index (χ2n) is 4.06. The second kappa shape index (κ2) is 2.69. The van der Waals surface area contributed by atoms with Crippen LogP contribution in [0, 0.1) is 0 Å². The molecule has 7 nitrogen and oxygen atoms in total. The zero-order valence-corrected chi connectivity index (χ0v) is 8.26. The number of carbonyl (C=O) groups excluding carboxylic acids is 1. The van der Waals surface area contributed by atoms with Crippen molar-refractivity contribution < 1.29 is 34.3 Å². The molecule has 0 aliphatic carbocycles. The lowest BCUT2D eigenvalue weighted by Crippen LogP contribution is -2.58. The Hall–Kier alpha value is -0.730. The molecule has 86 valence electrons. The minimum atomic E-state index is -2.48. The van der Waals surface area contributed by atoms with Crippen LogP contribution in [0.2, 0.25) is 0 Å². The van der Waals surface area contributed by atoms with Crippen LogP contribution in [-0.4, -0.2) is 51.4 Å². The van der Waals surface area contributed by atoms with Gasteiger partial charge in [-0.2, -0.15) is 0 Å². The SMILES string of the molecule is CC1(C)O[C@H]2C(=O)O[C@](O)(CO)[C@]2(O)O1. The van der Waals surface area contributed by atoms with Gasteiger partial charge in [0.1, 0.15) is 6.61 Å². The highest BCUT2D eigenvalue weighted by molar-refractivity contribution is 5.80. The van der Waals surface area contributed by atoms with E-state index in [0.717, 1.165) is 0 Å². The van der Waals surface area contributed by atoms with Crippen LogP contribution in [0.15, 0.2) is 0 Å². The molecule has 2 heterocycles. The van der Waals surface area contributed by atoms with Gasteiger partial charge in [-0.1, -0.05) is 0 Å². The zero-order valence-electron chi connectivity index (χ0n) is 8.26. The lowest BCUT2D eigenvalue weighted by molar-refractivity contribution is -0.361. The minimum absolute atomic E-state index is 0.973. The molecule has 15 heavy (non-hydrogen) atoms. The molecule has 2 fully saturated rings. The third kappa shape index (κ3) is 1.21. The van der Waals surface area contributed by atoms with Crippen LogP contribution in [0.3, 0.4) is 0 Å². The molecule has 0 unspecified atom stereocenters. The van der Waals surface area contributed by atoms with Crippen molar-refractivity contribution in [3.63, 3.8) is 0 Å². The van der Waals surface area contributed by atoms with Crippen molar-refractivity contribution in [3.05, 3.63) is 0 Å². The highest BCUT2D eigenvalue weighted by atomic mass is 16.9. The van der Waals surface area contributed by atoms with E-state index >= 15 is 0 Å². The summed E-state index contributed by atoms with van der Waals surface area (Å²) >= 11 is 0. The fraction of sp³-hybridized carbons (Fsp3) is 0.875. The number of cyclic esters (lactones) is 1. The molecule has 0 aromatic heterocycles. The highest BCUT2D eigenvalue weighted by Crippen LogP contribution is 2.46.